The number of rotatable bonds is 16. The maximum Gasteiger partial charge on any atom is 0.323 e. The van der Waals surface area contributed by atoms with Crippen LogP contribution in [-0.2, 0) is 49.9 Å². The van der Waals surface area contributed by atoms with Crippen LogP contribution in [-0.4, -0.2) is 117 Å². The summed E-state index contributed by atoms with van der Waals surface area (Å²) in [5.41, 5.74) is 5.66. The minimum atomic E-state index is -4.30. The van der Waals surface area contributed by atoms with Crippen LogP contribution in [0.3, 0.4) is 0 Å². The second kappa shape index (κ2) is 18.6. The SMILES string of the molecule is CCN1/C(=C/C=C/C(C(N)=O)=c2/s/c(=C3/SC(=S)N(CC(=O)O)C3=O)n(CC(=O)O)c2=O)N(CCCS(=O)(=O)O)c2cc(SOON3CCOCC3)c(Cl)cc21. The lowest BCUT2D eigenvalue weighted by Gasteiger charge is -2.24. The number of carboxylic acids is 2. The Labute approximate surface area is 341 Å². The Morgan fingerprint density at radius 3 is 2.39 bits per heavy atom. The number of morpholine rings is 1. The number of thiazole rings is 1. The van der Waals surface area contributed by atoms with Gasteiger partial charge in [0.1, 0.15) is 37.3 Å². The topological polar surface area (TPSA) is 252 Å². The minimum absolute atomic E-state index is 0.00126. The van der Waals surface area contributed by atoms with Gasteiger partial charge in [-0.3, -0.25) is 38.0 Å². The van der Waals surface area contributed by atoms with Gasteiger partial charge >= 0.3 is 11.9 Å². The van der Waals surface area contributed by atoms with E-state index in [0.29, 0.717) is 83.1 Å². The predicted molar refractivity (Wildman–Crippen MR) is 212 cm³/mol. The molecule has 2 amide bonds. The molecule has 1 aromatic carbocycles. The third kappa shape index (κ3) is 10.2. The van der Waals surface area contributed by atoms with Gasteiger partial charge in [-0.2, -0.15) is 13.5 Å². The fraction of sp³-hybridized carbons (Fsp3) is 0.355. The highest BCUT2D eigenvalue weighted by atomic mass is 35.5. The van der Waals surface area contributed by atoms with Crippen molar-refractivity contribution in [3.8, 4) is 0 Å². The number of carbonyl (C=O) groups is 4. The van der Waals surface area contributed by atoms with Crippen molar-refractivity contribution in [1.82, 2.24) is 14.5 Å². The summed E-state index contributed by atoms with van der Waals surface area (Å²) in [6, 6.07) is 3.40. The standard InChI is InChI=1S/C31H33ClN6O13S5/c1-2-35-19-13-18(32)21(55-51-50-34-8-10-49-11-9-34)14-20(19)36(7-4-12-56(46,47)48)22(35)6-3-5-17(27(33)43)25-28(44)37(15-23(39)40)30(53-25)26-29(45)38(16-24(41)42)31(52)54-26/h3,5-6,13-14H,2,4,7-12,15-16H2,1H3,(H2,33,43)(H,39,40)(H,41,42)(H,46,47,48)/b5-3+,22-6-,25-17-,30-26+. The minimum Gasteiger partial charge on any atom is -0.480 e. The van der Waals surface area contributed by atoms with Crippen molar-refractivity contribution in [2.24, 2.45) is 5.73 Å². The summed E-state index contributed by atoms with van der Waals surface area (Å²) in [6.07, 6.45) is 4.20. The molecular formula is C31H33ClN6O13S5. The van der Waals surface area contributed by atoms with Crippen LogP contribution in [0.2, 0.25) is 5.02 Å². The van der Waals surface area contributed by atoms with E-state index in [2.05, 4.69) is 0 Å². The van der Waals surface area contributed by atoms with Gasteiger partial charge in [-0.1, -0.05) is 41.7 Å². The van der Waals surface area contributed by atoms with Crippen molar-refractivity contribution in [3.63, 3.8) is 0 Å². The van der Waals surface area contributed by atoms with Gasteiger partial charge in [0.05, 0.1) is 71.0 Å². The zero-order chi connectivity index (χ0) is 40.9. The average molecular weight is 893 g/mol. The molecule has 2 fully saturated rings. The number of allylic oxidation sites excluding steroid dienone is 2. The number of aromatic nitrogens is 1. The second-order valence-corrected chi connectivity index (χ2v) is 17.1. The van der Waals surface area contributed by atoms with Crippen LogP contribution < -0.4 is 30.3 Å². The number of thiocarbonyl (C=S) groups is 1. The number of benzene rings is 1. The van der Waals surface area contributed by atoms with Crippen LogP contribution in [0.1, 0.15) is 13.3 Å². The molecule has 3 aliphatic heterocycles. The number of fused-ring (bicyclic) bond motifs is 1. The first kappa shape index (κ1) is 43.3. The fourth-order valence-corrected chi connectivity index (χ4v) is 9.43. The summed E-state index contributed by atoms with van der Waals surface area (Å²) in [5.74, 6) is -4.77. The highest BCUT2D eigenvalue weighted by molar-refractivity contribution is 8.30. The lowest BCUT2D eigenvalue weighted by Crippen LogP contribution is -2.37. The number of thioether (sulfide) groups is 1. The number of hydrogen-bond donors (Lipinski definition) is 4. The summed E-state index contributed by atoms with van der Waals surface area (Å²) in [4.78, 5) is 72.8. The molecule has 56 heavy (non-hydrogen) atoms. The van der Waals surface area contributed by atoms with Crippen molar-refractivity contribution in [3.05, 3.63) is 60.8 Å². The van der Waals surface area contributed by atoms with E-state index < -0.39 is 58.3 Å². The summed E-state index contributed by atoms with van der Waals surface area (Å²) >= 11 is 14.0. The zero-order valence-corrected chi connectivity index (χ0v) is 34.0. The van der Waals surface area contributed by atoms with Gasteiger partial charge in [0.15, 0.2) is 0 Å². The number of aliphatic carboxylic acids is 2. The first-order chi connectivity index (χ1) is 26.5. The third-order valence-corrected chi connectivity index (χ3v) is 12.7. The fourth-order valence-electron chi connectivity index (χ4n) is 5.62. The van der Waals surface area contributed by atoms with Gasteiger partial charge in [-0.25, -0.2) is 0 Å². The van der Waals surface area contributed by atoms with E-state index in [-0.39, 0.29) is 37.0 Å². The number of anilines is 2. The lowest BCUT2D eigenvalue weighted by atomic mass is 10.2. The number of carboxylic acid groups (broad SMARTS) is 2. The van der Waals surface area contributed by atoms with Crippen LogP contribution in [0.25, 0.3) is 10.5 Å². The molecule has 3 aliphatic rings. The molecule has 25 heteroatoms. The summed E-state index contributed by atoms with van der Waals surface area (Å²) in [5, 5.41) is 20.7. The molecule has 5 N–H and O–H groups in total. The Morgan fingerprint density at radius 1 is 1.09 bits per heavy atom. The summed E-state index contributed by atoms with van der Waals surface area (Å²) < 4.78 is 43.5. The van der Waals surface area contributed by atoms with E-state index in [9.17, 15) is 47.2 Å². The van der Waals surface area contributed by atoms with E-state index >= 15 is 0 Å². The number of ether oxygens (including phenoxy) is 1. The molecule has 0 radical (unpaired) electrons. The summed E-state index contributed by atoms with van der Waals surface area (Å²) in [7, 11) is -4.30. The van der Waals surface area contributed by atoms with E-state index in [1.54, 1.807) is 28.2 Å². The lowest BCUT2D eigenvalue weighted by molar-refractivity contribution is -0.370. The number of carbonyl (C=O) groups excluding carboxylic acids is 2. The van der Waals surface area contributed by atoms with E-state index in [4.69, 9.17) is 43.6 Å². The third-order valence-electron chi connectivity index (χ3n) is 8.03. The molecule has 0 unspecified atom stereocenters. The Hall–Kier alpha value is -3.82. The Balaban J connectivity index is 1.56. The second-order valence-electron chi connectivity index (χ2n) is 11.7. The average Bonchev–Trinajstić information content (AvgIpc) is 3.69. The molecule has 19 nitrogen and oxygen atoms in total. The molecule has 0 aliphatic carbocycles. The molecule has 0 spiro atoms. The molecule has 0 atom stereocenters. The number of primary amides is 1. The molecular weight excluding hydrogens is 860 g/mol. The molecule has 0 saturated carbocycles. The van der Waals surface area contributed by atoms with Crippen molar-refractivity contribution in [1.29, 1.82) is 0 Å². The Kier molecular flexibility index (Phi) is 14.4. The van der Waals surface area contributed by atoms with Gasteiger partial charge in [0, 0.05) is 13.1 Å². The van der Waals surface area contributed by atoms with Crippen LogP contribution in [0.15, 0.2) is 45.9 Å². The largest absolute Gasteiger partial charge is 0.480 e. The van der Waals surface area contributed by atoms with Crippen LogP contribution in [0.5, 0.6) is 0 Å². The normalized spacial score (nSPS) is 18.8. The predicted octanol–water partition coefficient (Wildman–Crippen LogP) is 0.561. The van der Waals surface area contributed by atoms with Crippen molar-refractivity contribution in [2.45, 2.75) is 24.8 Å². The first-order valence-corrected chi connectivity index (χ1v) is 21.1. The Bertz CT molecular complexity index is 2310. The number of hydroxylamine groups is 2. The quantitative estimate of drug-likeness (QED) is 0.0591. The maximum absolute atomic E-state index is 13.7. The van der Waals surface area contributed by atoms with E-state index in [1.807, 2.05) is 11.8 Å². The molecule has 4 heterocycles. The summed E-state index contributed by atoms with van der Waals surface area (Å²) in [6.45, 7) is 2.59. The molecule has 302 valence electrons. The number of hydrogen-bond acceptors (Lipinski definition) is 17. The van der Waals surface area contributed by atoms with Gasteiger partial charge in [0.2, 0.25) is 5.91 Å². The number of amides is 2. The highest BCUT2D eigenvalue weighted by Gasteiger charge is 2.36. The van der Waals surface area contributed by atoms with E-state index in [0.717, 1.165) is 21.5 Å². The molecule has 0 bridgehead atoms. The van der Waals surface area contributed by atoms with Crippen LogP contribution in [0, 0.1) is 0 Å². The molecule has 2 saturated heterocycles. The number of nitrogens with zero attached hydrogens (tertiary/aromatic N) is 5. The van der Waals surface area contributed by atoms with Gasteiger partial charge in [-0.15, -0.1) is 20.7 Å². The monoisotopic (exact) mass is 892 g/mol. The number of halogens is 1. The van der Waals surface area contributed by atoms with Gasteiger partial charge in [0.25, 0.3) is 21.6 Å². The van der Waals surface area contributed by atoms with Crippen molar-refractivity contribution >= 4 is 119 Å². The number of nitrogens with two attached hydrogens (primary N) is 1. The van der Waals surface area contributed by atoms with Gasteiger partial charge < -0.3 is 30.5 Å². The first-order valence-electron chi connectivity index (χ1n) is 16.3. The van der Waals surface area contributed by atoms with Crippen molar-refractivity contribution < 1.29 is 56.4 Å². The van der Waals surface area contributed by atoms with E-state index in [1.165, 1.54) is 12.2 Å². The smallest absolute Gasteiger partial charge is 0.323 e. The molecule has 2 aromatic rings. The molecule has 5 rings (SSSR count). The van der Waals surface area contributed by atoms with Crippen molar-refractivity contribution in [2.75, 3.05) is 61.5 Å². The van der Waals surface area contributed by atoms with Crippen LogP contribution >= 0.6 is 59.0 Å². The highest BCUT2D eigenvalue weighted by Crippen LogP contribution is 2.46. The maximum atomic E-state index is 13.7. The van der Waals surface area contributed by atoms with Crippen LogP contribution in [0.4, 0.5) is 11.4 Å². The van der Waals surface area contributed by atoms with Gasteiger partial charge in [-0.05, 0) is 37.6 Å². The molecule has 1 aromatic heterocycles. The Morgan fingerprint density at radius 2 is 1.77 bits per heavy atom. The zero-order valence-electron chi connectivity index (χ0n) is 29.1.